The second-order valence-corrected chi connectivity index (χ2v) is 6.62. The smallest absolute Gasteiger partial charge is 0.357 e. The zero-order valence-corrected chi connectivity index (χ0v) is 15.7. The molecule has 3 heteroatoms. The number of rotatable bonds is 6. The van der Waals surface area contributed by atoms with Crippen molar-refractivity contribution in [3.05, 3.63) is 126 Å². The van der Waals surface area contributed by atoms with Gasteiger partial charge in [-0.05, 0) is 29.3 Å². The van der Waals surface area contributed by atoms with E-state index in [9.17, 15) is 9.90 Å². The van der Waals surface area contributed by atoms with Crippen molar-refractivity contribution >= 4 is 5.97 Å². The Labute approximate surface area is 169 Å². The van der Waals surface area contributed by atoms with E-state index in [0.29, 0.717) is 16.9 Å². The third-order valence-corrected chi connectivity index (χ3v) is 4.81. The van der Waals surface area contributed by atoms with Crippen molar-refractivity contribution < 1.29 is 14.6 Å². The molecule has 0 saturated carbocycles. The molecule has 0 bridgehead atoms. The zero-order chi connectivity index (χ0) is 20.1. The van der Waals surface area contributed by atoms with Crippen LogP contribution in [0.1, 0.15) is 11.1 Å². The lowest BCUT2D eigenvalue weighted by Crippen LogP contribution is -2.42. The van der Waals surface area contributed by atoms with Crippen LogP contribution in [-0.4, -0.2) is 11.1 Å². The van der Waals surface area contributed by atoms with E-state index >= 15 is 0 Å². The van der Waals surface area contributed by atoms with E-state index in [1.807, 2.05) is 72.8 Å². The molecule has 0 aromatic heterocycles. The van der Waals surface area contributed by atoms with Crippen LogP contribution in [0.25, 0.3) is 11.1 Å². The van der Waals surface area contributed by atoms with Crippen LogP contribution in [0.3, 0.4) is 0 Å². The summed E-state index contributed by atoms with van der Waals surface area (Å²) in [6, 6.07) is 36.3. The zero-order valence-electron chi connectivity index (χ0n) is 15.7. The molecule has 0 heterocycles. The maximum Gasteiger partial charge on any atom is 0.357 e. The van der Waals surface area contributed by atoms with Crippen molar-refractivity contribution in [2.45, 2.75) is 5.60 Å². The first-order chi connectivity index (χ1) is 14.2. The van der Waals surface area contributed by atoms with E-state index in [1.165, 1.54) is 0 Å². The summed E-state index contributed by atoms with van der Waals surface area (Å²) < 4.78 is 6.22. The Bertz CT molecular complexity index is 1030. The van der Waals surface area contributed by atoms with Gasteiger partial charge in [-0.2, -0.15) is 0 Å². The van der Waals surface area contributed by atoms with Crippen LogP contribution in [0.15, 0.2) is 109 Å². The summed E-state index contributed by atoms with van der Waals surface area (Å²) in [6.07, 6.45) is 0. The second kappa shape index (κ2) is 8.03. The summed E-state index contributed by atoms with van der Waals surface area (Å²) in [5.74, 6) is -0.602. The minimum Gasteiger partial charge on any atom is -0.478 e. The van der Waals surface area contributed by atoms with Gasteiger partial charge in [0, 0.05) is 11.1 Å². The first kappa shape index (κ1) is 18.5. The Morgan fingerprint density at radius 2 is 1.28 bits per heavy atom. The molecule has 0 aliphatic rings. The quantitative estimate of drug-likeness (QED) is 0.477. The maximum absolute atomic E-state index is 12.6. The third-order valence-electron chi connectivity index (χ3n) is 4.81. The Kier molecular flexibility index (Phi) is 5.12. The van der Waals surface area contributed by atoms with Crippen molar-refractivity contribution in [3.8, 4) is 16.9 Å². The van der Waals surface area contributed by atoms with E-state index in [1.54, 1.807) is 36.4 Å². The lowest BCUT2D eigenvalue weighted by molar-refractivity contribution is -0.152. The van der Waals surface area contributed by atoms with Gasteiger partial charge in [0.05, 0.1) is 0 Å². The van der Waals surface area contributed by atoms with Gasteiger partial charge in [-0.15, -0.1) is 0 Å². The summed E-state index contributed by atoms with van der Waals surface area (Å²) in [4.78, 5) is 12.6. The number of ether oxygens (including phenoxy) is 1. The molecule has 0 aliphatic carbocycles. The monoisotopic (exact) mass is 379 g/mol. The van der Waals surface area contributed by atoms with Gasteiger partial charge in [0.15, 0.2) is 0 Å². The fraction of sp³-hybridized carbons (Fsp3) is 0.0385. The van der Waals surface area contributed by atoms with Gasteiger partial charge in [-0.25, -0.2) is 4.79 Å². The molecular weight excluding hydrogens is 360 g/mol. The largest absolute Gasteiger partial charge is 0.478 e. The van der Waals surface area contributed by atoms with Crippen LogP contribution in [-0.2, 0) is 10.4 Å². The van der Waals surface area contributed by atoms with Gasteiger partial charge in [-0.3, -0.25) is 0 Å². The van der Waals surface area contributed by atoms with E-state index in [-0.39, 0.29) is 0 Å². The topological polar surface area (TPSA) is 46.5 Å². The second-order valence-electron chi connectivity index (χ2n) is 6.62. The minimum atomic E-state index is -1.65. The lowest BCUT2D eigenvalue weighted by atomic mass is 9.86. The number of hydrogen-bond donors (Lipinski definition) is 1. The van der Waals surface area contributed by atoms with Gasteiger partial charge in [0.2, 0.25) is 0 Å². The molecule has 0 aliphatic heterocycles. The molecule has 0 amide bonds. The maximum atomic E-state index is 12.6. The van der Waals surface area contributed by atoms with Crippen LogP contribution in [0.4, 0.5) is 0 Å². The number of aliphatic carboxylic acids is 1. The van der Waals surface area contributed by atoms with Gasteiger partial charge < -0.3 is 9.84 Å². The van der Waals surface area contributed by atoms with Crippen molar-refractivity contribution in [3.63, 3.8) is 0 Å². The fourth-order valence-corrected chi connectivity index (χ4v) is 3.37. The highest BCUT2D eigenvalue weighted by Gasteiger charge is 2.45. The molecular formula is C26H19O3. The van der Waals surface area contributed by atoms with E-state index in [4.69, 9.17) is 4.74 Å². The van der Waals surface area contributed by atoms with E-state index < -0.39 is 11.6 Å². The standard InChI is InChI=1S/C26H19O3/c27-25(28)26(22-12-6-2-7-13-22,23-14-8-3-9-15-23)29-24-18-16-21(17-19-24)20-10-4-1-5-11-20/h1-10,12-19H,(H,27,28). The molecule has 29 heavy (non-hydrogen) atoms. The molecule has 4 aromatic rings. The summed E-state index contributed by atoms with van der Waals surface area (Å²) in [7, 11) is 0. The molecule has 3 nitrogen and oxygen atoms in total. The number of carboxylic acids is 1. The molecule has 0 saturated heterocycles. The highest BCUT2D eigenvalue weighted by molar-refractivity contribution is 5.84. The number of hydrogen-bond acceptors (Lipinski definition) is 2. The number of benzene rings is 4. The van der Waals surface area contributed by atoms with Crippen molar-refractivity contribution in [1.29, 1.82) is 0 Å². The SMILES string of the molecule is O=C(O)C(Oc1ccc(-c2[c]cccc2)cc1)(c1ccccc1)c1ccccc1. The first-order valence-electron chi connectivity index (χ1n) is 9.31. The molecule has 141 valence electrons. The molecule has 4 aromatic carbocycles. The predicted octanol–water partition coefficient (Wildman–Crippen LogP) is 5.56. The van der Waals surface area contributed by atoms with E-state index in [2.05, 4.69) is 6.07 Å². The normalized spacial score (nSPS) is 11.0. The Balaban J connectivity index is 1.78. The van der Waals surface area contributed by atoms with Crippen LogP contribution in [0.5, 0.6) is 5.75 Å². The third kappa shape index (κ3) is 3.63. The Morgan fingerprint density at radius 1 is 0.724 bits per heavy atom. The first-order valence-corrected chi connectivity index (χ1v) is 9.31. The average molecular weight is 379 g/mol. The fourth-order valence-electron chi connectivity index (χ4n) is 3.37. The van der Waals surface area contributed by atoms with Crippen LogP contribution in [0.2, 0.25) is 0 Å². The molecule has 1 N–H and O–H groups in total. The van der Waals surface area contributed by atoms with E-state index in [0.717, 1.165) is 11.1 Å². The summed E-state index contributed by atoms with van der Waals surface area (Å²) >= 11 is 0. The highest BCUT2D eigenvalue weighted by Crippen LogP contribution is 2.36. The minimum absolute atomic E-state index is 0.472. The summed E-state index contributed by atoms with van der Waals surface area (Å²) in [6.45, 7) is 0. The van der Waals surface area contributed by atoms with Crippen LogP contribution < -0.4 is 4.74 Å². The van der Waals surface area contributed by atoms with Crippen molar-refractivity contribution in [1.82, 2.24) is 0 Å². The molecule has 4 rings (SSSR count). The molecule has 0 atom stereocenters. The number of carbonyl (C=O) groups is 1. The lowest BCUT2D eigenvalue weighted by Gasteiger charge is -2.31. The van der Waals surface area contributed by atoms with Gasteiger partial charge in [-0.1, -0.05) is 97.1 Å². The molecule has 1 radical (unpaired) electrons. The molecule has 0 unspecified atom stereocenters. The summed E-state index contributed by atoms with van der Waals surface area (Å²) in [5, 5.41) is 10.3. The van der Waals surface area contributed by atoms with Crippen molar-refractivity contribution in [2.75, 3.05) is 0 Å². The van der Waals surface area contributed by atoms with Crippen LogP contribution in [0, 0.1) is 6.07 Å². The molecule has 0 fully saturated rings. The van der Waals surface area contributed by atoms with Gasteiger partial charge in [0.25, 0.3) is 5.60 Å². The highest BCUT2D eigenvalue weighted by atomic mass is 16.5. The van der Waals surface area contributed by atoms with Crippen molar-refractivity contribution in [2.24, 2.45) is 0 Å². The number of carboxylic acid groups (broad SMARTS) is 1. The van der Waals surface area contributed by atoms with Gasteiger partial charge >= 0.3 is 5.97 Å². The molecule has 0 spiro atoms. The predicted molar refractivity (Wildman–Crippen MR) is 113 cm³/mol. The summed E-state index contributed by atoms with van der Waals surface area (Å²) in [5.41, 5.74) is 1.41. The van der Waals surface area contributed by atoms with Gasteiger partial charge in [0.1, 0.15) is 5.75 Å². The van der Waals surface area contributed by atoms with Crippen LogP contribution >= 0.6 is 0 Å². The Hall–Kier alpha value is -3.85. The Morgan fingerprint density at radius 3 is 1.76 bits per heavy atom. The average Bonchev–Trinajstić information content (AvgIpc) is 2.79.